The first kappa shape index (κ1) is 19.1. The number of aromatic nitrogens is 2. The minimum atomic E-state index is -0.941. The Labute approximate surface area is 165 Å². The summed E-state index contributed by atoms with van der Waals surface area (Å²) in [6.07, 6.45) is 3.62. The predicted octanol–water partition coefficient (Wildman–Crippen LogP) is 4.25. The van der Waals surface area contributed by atoms with Crippen LogP contribution < -0.4 is 5.32 Å². The van der Waals surface area contributed by atoms with E-state index in [4.69, 9.17) is 16.3 Å². The van der Waals surface area contributed by atoms with Crippen LogP contribution in [0, 0.1) is 13.8 Å². The molecule has 2 heterocycles. The number of aryl methyl sites for hydroxylation is 2. The molecule has 3 rings (SSSR count). The number of nitrogens with zero attached hydrogens (tertiary/aromatic N) is 2. The zero-order chi connectivity index (χ0) is 19.6. The van der Waals surface area contributed by atoms with E-state index in [0.717, 1.165) is 21.8 Å². The third-order valence-corrected chi connectivity index (χ3v) is 5.06. The van der Waals surface area contributed by atoms with Gasteiger partial charge in [0.15, 0.2) is 16.2 Å². The lowest BCUT2D eigenvalue weighted by atomic mass is 10.1. The van der Waals surface area contributed by atoms with Gasteiger partial charge in [0.2, 0.25) is 0 Å². The van der Waals surface area contributed by atoms with Crippen molar-refractivity contribution in [1.29, 1.82) is 0 Å². The van der Waals surface area contributed by atoms with Crippen molar-refractivity contribution in [2.75, 3.05) is 5.32 Å². The van der Waals surface area contributed by atoms with Crippen LogP contribution >= 0.6 is 22.9 Å². The number of hydrogen-bond acceptors (Lipinski definition) is 5. The first-order valence-corrected chi connectivity index (χ1v) is 9.49. The summed E-state index contributed by atoms with van der Waals surface area (Å²) in [7, 11) is 0. The van der Waals surface area contributed by atoms with Crippen LogP contribution in [0.25, 0.3) is 11.0 Å². The van der Waals surface area contributed by atoms with Gasteiger partial charge in [-0.05, 0) is 38.0 Å². The fraction of sp³-hybridized carbons (Fsp3) is 0.211. The molecule has 6 nitrogen and oxygen atoms in total. The van der Waals surface area contributed by atoms with Crippen molar-refractivity contribution in [3.63, 3.8) is 0 Å². The van der Waals surface area contributed by atoms with Gasteiger partial charge in [0, 0.05) is 23.3 Å². The van der Waals surface area contributed by atoms with Crippen LogP contribution in [0.5, 0.6) is 0 Å². The molecule has 0 fully saturated rings. The van der Waals surface area contributed by atoms with E-state index >= 15 is 0 Å². The Balaban J connectivity index is 1.64. The Morgan fingerprint density at radius 3 is 2.74 bits per heavy atom. The minimum Gasteiger partial charge on any atom is -0.449 e. The van der Waals surface area contributed by atoms with Crippen LogP contribution in [0.4, 0.5) is 5.69 Å². The van der Waals surface area contributed by atoms with E-state index in [1.165, 1.54) is 30.4 Å². The van der Waals surface area contributed by atoms with E-state index in [1.54, 1.807) is 4.40 Å². The number of amides is 1. The minimum absolute atomic E-state index is 0.298. The monoisotopic (exact) mass is 403 g/mol. The fourth-order valence-electron chi connectivity index (χ4n) is 2.58. The highest BCUT2D eigenvalue weighted by Gasteiger charge is 2.18. The van der Waals surface area contributed by atoms with E-state index < -0.39 is 18.0 Å². The van der Waals surface area contributed by atoms with Gasteiger partial charge in [-0.3, -0.25) is 9.20 Å². The van der Waals surface area contributed by atoms with Crippen LogP contribution in [0.3, 0.4) is 0 Å². The molecule has 1 aromatic carbocycles. The van der Waals surface area contributed by atoms with Gasteiger partial charge < -0.3 is 10.1 Å². The van der Waals surface area contributed by atoms with Crippen molar-refractivity contribution < 1.29 is 14.3 Å². The first-order valence-electron chi connectivity index (χ1n) is 8.23. The quantitative estimate of drug-likeness (QED) is 0.510. The molecule has 1 N–H and O–H groups in total. The Hall–Kier alpha value is -2.64. The zero-order valence-electron chi connectivity index (χ0n) is 15.0. The maximum Gasteiger partial charge on any atom is 0.331 e. The summed E-state index contributed by atoms with van der Waals surface area (Å²) in [5.74, 6) is -1.03. The standard InChI is InChI=1S/C19H18ClN3O3S/c1-11-5-4-6-12(2)16(11)21-18(25)13(3)26-15(24)8-7-14-17(20)22-19-23(14)9-10-27-19/h4-10,13H,1-3H3,(H,21,25). The molecular formula is C19H18ClN3O3S. The number of benzene rings is 1. The average molecular weight is 404 g/mol. The van der Waals surface area contributed by atoms with E-state index in [9.17, 15) is 9.59 Å². The summed E-state index contributed by atoms with van der Waals surface area (Å²) in [6.45, 7) is 5.34. The number of nitrogens with one attached hydrogen (secondary N) is 1. The summed E-state index contributed by atoms with van der Waals surface area (Å²) in [5, 5.41) is 4.98. The molecule has 1 amide bonds. The van der Waals surface area contributed by atoms with E-state index in [2.05, 4.69) is 10.3 Å². The van der Waals surface area contributed by atoms with Gasteiger partial charge in [-0.25, -0.2) is 9.78 Å². The van der Waals surface area contributed by atoms with Crippen LogP contribution in [0.2, 0.25) is 5.15 Å². The number of imidazole rings is 1. The van der Waals surface area contributed by atoms with E-state index in [1.807, 2.05) is 43.6 Å². The summed E-state index contributed by atoms with van der Waals surface area (Å²) in [6, 6.07) is 5.73. The molecule has 0 aliphatic heterocycles. The third kappa shape index (κ3) is 4.20. The number of halogens is 1. The van der Waals surface area contributed by atoms with E-state index in [-0.39, 0.29) is 0 Å². The fourth-order valence-corrected chi connectivity index (χ4v) is 3.58. The molecule has 140 valence electrons. The van der Waals surface area contributed by atoms with Crippen molar-refractivity contribution in [2.45, 2.75) is 26.9 Å². The number of fused-ring (bicyclic) bond motifs is 1. The molecule has 27 heavy (non-hydrogen) atoms. The largest absolute Gasteiger partial charge is 0.449 e. The number of ether oxygens (including phenoxy) is 1. The number of anilines is 1. The Kier molecular flexibility index (Phi) is 5.62. The molecule has 0 saturated heterocycles. The van der Waals surface area contributed by atoms with Gasteiger partial charge >= 0.3 is 5.97 Å². The number of hydrogen-bond donors (Lipinski definition) is 1. The number of thiazole rings is 1. The second-order valence-corrected chi connectivity index (χ2v) is 7.24. The van der Waals surface area contributed by atoms with Crippen LogP contribution in [-0.2, 0) is 14.3 Å². The van der Waals surface area contributed by atoms with E-state index in [0.29, 0.717) is 10.8 Å². The number of esters is 1. The Morgan fingerprint density at radius 2 is 2.04 bits per heavy atom. The van der Waals surface area contributed by atoms with Gasteiger partial charge in [-0.1, -0.05) is 29.8 Å². The number of rotatable bonds is 5. The molecule has 0 bridgehead atoms. The maximum atomic E-state index is 12.3. The SMILES string of the molecule is Cc1cccc(C)c1NC(=O)C(C)OC(=O)C=Cc1c(Cl)nc2sccn12. The Morgan fingerprint density at radius 1 is 1.33 bits per heavy atom. The second-order valence-electron chi connectivity index (χ2n) is 6.01. The first-order chi connectivity index (χ1) is 12.9. The summed E-state index contributed by atoms with van der Waals surface area (Å²) in [4.78, 5) is 29.3. The summed E-state index contributed by atoms with van der Waals surface area (Å²) in [5.41, 5.74) is 3.19. The number of carbonyl (C=O) groups is 2. The number of carbonyl (C=O) groups excluding carboxylic acids is 2. The molecule has 8 heteroatoms. The van der Waals surface area contributed by atoms with Crippen LogP contribution in [0.1, 0.15) is 23.7 Å². The molecule has 0 aliphatic rings. The average Bonchev–Trinajstić information content (AvgIpc) is 3.17. The molecule has 0 radical (unpaired) electrons. The van der Waals surface area contributed by atoms with Gasteiger partial charge in [0.25, 0.3) is 5.91 Å². The molecule has 2 aromatic heterocycles. The van der Waals surface area contributed by atoms with Crippen molar-refractivity contribution in [1.82, 2.24) is 9.38 Å². The van der Waals surface area contributed by atoms with Gasteiger partial charge in [-0.15, -0.1) is 11.3 Å². The topological polar surface area (TPSA) is 72.7 Å². The molecule has 1 atom stereocenters. The summed E-state index contributed by atoms with van der Waals surface area (Å²) >= 11 is 7.51. The maximum absolute atomic E-state index is 12.3. The highest BCUT2D eigenvalue weighted by atomic mass is 35.5. The molecule has 0 aliphatic carbocycles. The highest BCUT2D eigenvalue weighted by Crippen LogP contribution is 2.22. The van der Waals surface area contributed by atoms with Gasteiger partial charge in [0.05, 0.1) is 5.69 Å². The lowest BCUT2D eigenvalue weighted by molar-refractivity contribution is -0.148. The normalized spacial score (nSPS) is 12.4. The predicted molar refractivity (Wildman–Crippen MR) is 107 cm³/mol. The molecule has 0 spiro atoms. The van der Waals surface area contributed by atoms with Gasteiger partial charge in [-0.2, -0.15) is 0 Å². The van der Waals surface area contributed by atoms with Crippen molar-refractivity contribution in [3.8, 4) is 0 Å². The second kappa shape index (κ2) is 7.94. The number of para-hydroxylation sites is 1. The molecule has 0 saturated carbocycles. The van der Waals surface area contributed by atoms with Crippen molar-refractivity contribution in [2.24, 2.45) is 0 Å². The van der Waals surface area contributed by atoms with Crippen molar-refractivity contribution >= 4 is 51.5 Å². The lowest BCUT2D eigenvalue weighted by Crippen LogP contribution is -2.30. The lowest BCUT2D eigenvalue weighted by Gasteiger charge is -2.15. The zero-order valence-corrected chi connectivity index (χ0v) is 16.6. The molecule has 3 aromatic rings. The van der Waals surface area contributed by atoms with Crippen molar-refractivity contribution in [3.05, 3.63) is 57.8 Å². The van der Waals surface area contributed by atoms with Gasteiger partial charge in [0.1, 0.15) is 0 Å². The molecule has 1 unspecified atom stereocenters. The third-order valence-electron chi connectivity index (χ3n) is 4.02. The highest BCUT2D eigenvalue weighted by molar-refractivity contribution is 7.15. The van der Waals surface area contributed by atoms with Crippen LogP contribution in [-0.4, -0.2) is 27.4 Å². The summed E-state index contributed by atoms with van der Waals surface area (Å²) < 4.78 is 6.96. The molecular weight excluding hydrogens is 386 g/mol. The Bertz CT molecular complexity index is 1020. The van der Waals surface area contributed by atoms with Crippen LogP contribution in [0.15, 0.2) is 35.9 Å². The smallest absolute Gasteiger partial charge is 0.331 e.